The highest BCUT2D eigenvalue weighted by atomic mass is 16.3. The van der Waals surface area contributed by atoms with E-state index in [0.29, 0.717) is 5.92 Å². The van der Waals surface area contributed by atoms with E-state index in [4.69, 9.17) is 4.98 Å². The van der Waals surface area contributed by atoms with Crippen LogP contribution in [-0.2, 0) is 0 Å². The van der Waals surface area contributed by atoms with Crippen LogP contribution in [0.3, 0.4) is 0 Å². The second-order valence-electron chi connectivity index (χ2n) is 6.61. The van der Waals surface area contributed by atoms with Gasteiger partial charge in [-0.2, -0.15) is 0 Å². The summed E-state index contributed by atoms with van der Waals surface area (Å²) >= 11 is 0. The van der Waals surface area contributed by atoms with Crippen LogP contribution in [0.2, 0.25) is 0 Å². The van der Waals surface area contributed by atoms with Crippen molar-refractivity contribution in [1.29, 1.82) is 0 Å². The molecule has 0 amide bonds. The first-order valence-electron chi connectivity index (χ1n) is 8.28. The molecule has 0 radical (unpaired) electrons. The van der Waals surface area contributed by atoms with Crippen LogP contribution >= 0.6 is 0 Å². The van der Waals surface area contributed by atoms with Gasteiger partial charge in [0.2, 0.25) is 5.95 Å². The van der Waals surface area contributed by atoms with Crippen molar-refractivity contribution < 1.29 is 5.11 Å². The fraction of sp³-hybridized carbons (Fsp3) is 0.529. The van der Waals surface area contributed by atoms with Crippen molar-refractivity contribution in [3.63, 3.8) is 0 Å². The molecule has 0 unspecified atom stereocenters. The minimum absolute atomic E-state index is 0.215. The largest absolute Gasteiger partial charge is 0.393 e. The van der Waals surface area contributed by atoms with Crippen LogP contribution < -0.4 is 4.90 Å². The van der Waals surface area contributed by atoms with Gasteiger partial charge in [0.25, 0.3) is 0 Å². The highest BCUT2D eigenvalue weighted by molar-refractivity contribution is 5.62. The molecule has 2 aromatic heterocycles. The molecule has 120 valence electrons. The summed E-state index contributed by atoms with van der Waals surface area (Å²) < 4.78 is 0. The van der Waals surface area contributed by atoms with Crippen LogP contribution in [-0.4, -0.2) is 44.2 Å². The number of nitrogens with zero attached hydrogens (tertiary/aromatic N) is 5. The lowest BCUT2D eigenvalue weighted by molar-refractivity contribution is 0.0966. The Balaban J connectivity index is 1.67. The lowest BCUT2D eigenvalue weighted by Crippen LogP contribution is -2.42. The Bertz CT molecular complexity index is 689. The van der Waals surface area contributed by atoms with Crippen molar-refractivity contribution in [2.75, 3.05) is 18.0 Å². The van der Waals surface area contributed by atoms with Gasteiger partial charge in [-0.3, -0.25) is 9.97 Å². The average Bonchev–Trinajstić information content (AvgIpc) is 3.43. The molecule has 0 aromatic carbocycles. The van der Waals surface area contributed by atoms with E-state index in [1.165, 1.54) is 12.8 Å². The topological polar surface area (TPSA) is 75.0 Å². The summed E-state index contributed by atoms with van der Waals surface area (Å²) in [5, 5.41) is 9.91. The summed E-state index contributed by atoms with van der Waals surface area (Å²) in [6, 6.07) is 0. The van der Waals surface area contributed by atoms with Gasteiger partial charge in [0.15, 0.2) is 0 Å². The van der Waals surface area contributed by atoms with E-state index in [1.54, 1.807) is 18.6 Å². The first-order chi connectivity index (χ1) is 11.2. The van der Waals surface area contributed by atoms with Crippen LogP contribution in [0.1, 0.15) is 37.8 Å². The molecule has 23 heavy (non-hydrogen) atoms. The van der Waals surface area contributed by atoms with E-state index < -0.39 is 0 Å². The van der Waals surface area contributed by atoms with E-state index in [9.17, 15) is 5.11 Å². The van der Waals surface area contributed by atoms with Crippen molar-refractivity contribution in [2.45, 2.75) is 38.2 Å². The molecule has 6 heteroatoms. The third-order valence-corrected chi connectivity index (χ3v) is 4.75. The van der Waals surface area contributed by atoms with Crippen LogP contribution in [0.15, 0.2) is 24.8 Å². The normalized spacial score (nSPS) is 24.7. The minimum atomic E-state index is -0.215. The number of hydrogen-bond donors (Lipinski definition) is 1. The predicted molar refractivity (Wildman–Crippen MR) is 87.0 cm³/mol. The van der Waals surface area contributed by atoms with E-state index in [2.05, 4.69) is 26.8 Å². The molecule has 2 aliphatic rings. The molecule has 0 bridgehead atoms. The van der Waals surface area contributed by atoms with E-state index in [-0.39, 0.29) is 12.0 Å². The Morgan fingerprint density at radius 1 is 1.13 bits per heavy atom. The van der Waals surface area contributed by atoms with Gasteiger partial charge in [0.1, 0.15) is 0 Å². The zero-order valence-corrected chi connectivity index (χ0v) is 13.3. The number of hydrogen-bond acceptors (Lipinski definition) is 6. The molecule has 0 spiro atoms. The number of piperidine rings is 1. The Morgan fingerprint density at radius 2 is 2.00 bits per heavy atom. The van der Waals surface area contributed by atoms with Crippen molar-refractivity contribution in [3.8, 4) is 11.3 Å². The summed E-state index contributed by atoms with van der Waals surface area (Å²) in [4.78, 5) is 20.2. The van der Waals surface area contributed by atoms with Crippen LogP contribution in [0.5, 0.6) is 0 Å². The highest BCUT2D eigenvalue weighted by Gasteiger charge is 2.31. The fourth-order valence-electron chi connectivity index (χ4n) is 3.16. The maximum absolute atomic E-state index is 9.91. The maximum atomic E-state index is 9.91. The molecular formula is C17H21N5O. The highest BCUT2D eigenvalue weighted by Crippen LogP contribution is 2.43. The SMILES string of the molecule is C[C@@H]1CN(c2ncc(-c3cnccn3)c(C3CC3)n2)CC[C@@H]1O. The third-order valence-electron chi connectivity index (χ3n) is 4.75. The Morgan fingerprint density at radius 3 is 2.70 bits per heavy atom. The number of aliphatic hydroxyl groups excluding tert-OH is 1. The molecule has 3 heterocycles. The second-order valence-corrected chi connectivity index (χ2v) is 6.61. The van der Waals surface area contributed by atoms with Crippen molar-refractivity contribution in [2.24, 2.45) is 5.92 Å². The van der Waals surface area contributed by atoms with Gasteiger partial charge < -0.3 is 10.0 Å². The second kappa shape index (κ2) is 5.85. The Kier molecular flexibility index (Phi) is 3.69. The molecule has 1 N–H and O–H groups in total. The molecule has 4 rings (SSSR count). The maximum Gasteiger partial charge on any atom is 0.225 e. The van der Waals surface area contributed by atoms with Crippen LogP contribution in [0.25, 0.3) is 11.3 Å². The number of rotatable bonds is 3. The lowest BCUT2D eigenvalue weighted by atomic mass is 9.97. The van der Waals surface area contributed by atoms with Gasteiger partial charge in [-0.05, 0) is 25.2 Å². The molecule has 1 saturated heterocycles. The first-order valence-corrected chi connectivity index (χ1v) is 8.28. The average molecular weight is 311 g/mol. The van der Waals surface area contributed by atoms with Crippen molar-refractivity contribution >= 4 is 5.95 Å². The van der Waals surface area contributed by atoms with E-state index in [1.807, 2.05) is 6.20 Å². The van der Waals surface area contributed by atoms with Gasteiger partial charge in [0.05, 0.1) is 23.7 Å². The summed E-state index contributed by atoms with van der Waals surface area (Å²) in [7, 11) is 0. The van der Waals surface area contributed by atoms with E-state index >= 15 is 0 Å². The molecule has 2 atom stereocenters. The molecule has 1 aliphatic carbocycles. The smallest absolute Gasteiger partial charge is 0.225 e. The molecular weight excluding hydrogens is 290 g/mol. The van der Waals surface area contributed by atoms with Gasteiger partial charge in [0, 0.05) is 43.2 Å². The molecule has 1 aliphatic heterocycles. The van der Waals surface area contributed by atoms with Gasteiger partial charge in [-0.1, -0.05) is 6.92 Å². The zero-order valence-electron chi connectivity index (χ0n) is 13.3. The van der Waals surface area contributed by atoms with Crippen LogP contribution in [0, 0.1) is 5.92 Å². The third kappa shape index (κ3) is 2.91. The zero-order chi connectivity index (χ0) is 15.8. The molecule has 1 saturated carbocycles. The number of aliphatic hydroxyl groups is 1. The monoisotopic (exact) mass is 311 g/mol. The Hall–Kier alpha value is -2.08. The molecule has 6 nitrogen and oxygen atoms in total. The molecule has 2 aromatic rings. The minimum Gasteiger partial charge on any atom is -0.393 e. The van der Waals surface area contributed by atoms with Crippen molar-refractivity contribution in [3.05, 3.63) is 30.5 Å². The lowest BCUT2D eigenvalue weighted by Gasteiger charge is -2.34. The Labute approximate surface area is 135 Å². The number of aromatic nitrogens is 4. The van der Waals surface area contributed by atoms with Crippen LogP contribution in [0.4, 0.5) is 5.95 Å². The summed E-state index contributed by atoms with van der Waals surface area (Å²) in [5.41, 5.74) is 2.92. The van der Waals surface area contributed by atoms with Crippen molar-refractivity contribution in [1.82, 2.24) is 19.9 Å². The standard InChI is InChI=1S/C17H21N5O/c1-11-10-22(7-4-15(11)23)17-20-8-13(14-9-18-5-6-19-14)16(21-17)12-2-3-12/h5-6,8-9,11-12,15,23H,2-4,7,10H2,1H3/t11-,15+/m1/s1. The summed E-state index contributed by atoms with van der Waals surface area (Å²) in [6.45, 7) is 3.68. The number of anilines is 1. The quantitative estimate of drug-likeness (QED) is 0.934. The van der Waals surface area contributed by atoms with Gasteiger partial charge in [-0.25, -0.2) is 9.97 Å². The van der Waals surface area contributed by atoms with Gasteiger partial charge in [-0.15, -0.1) is 0 Å². The molecule has 2 fully saturated rings. The summed E-state index contributed by atoms with van der Waals surface area (Å²) in [6.07, 6.45) is 9.95. The first kappa shape index (κ1) is 14.5. The van der Waals surface area contributed by atoms with E-state index in [0.717, 1.165) is 42.4 Å². The fourth-order valence-corrected chi connectivity index (χ4v) is 3.16. The summed E-state index contributed by atoms with van der Waals surface area (Å²) in [5.74, 6) is 1.54. The van der Waals surface area contributed by atoms with Gasteiger partial charge >= 0.3 is 0 Å². The predicted octanol–water partition coefficient (Wildman–Crippen LogP) is 2.02.